The maximum Gasteiger partial charge on any atom is 0.161 e. The second-order valence-corrected chi connectivity index (χ2v) is 6.61. The number of ether oxygens (including phenoxy) is 2. The number of methoxy groups -OCH3 is 2. The van der Waals surface area contributed by atoms with E-state index in [1.165, 1.54) is 12.0 Å². The first-order chi connectivity index (χ1) is 10.6. The van der Waals surface area contributed by atoms with Gasteiger partial charge < -0.3 is 14.4 Å². The molecule has 2 aliphatic rings. The fourth-order valence-corrected chi connectivity index (χ4v) is 4.41. The van der Waals surface area contributed by atoms with Crippen LogP contribution >= 0.6 is 0 Å². The number of likely N-dealkylation sites (N-methyl/N-ethyl adjacent to an activating group) is 1. The Balaban J connectivity index is 1.98. The highest BCUT2D eigenvalue weighted by Gasteiger charge is 2.50. The summed E-state index contributed by atoms with van der Waals surface area (Å²) in [5, 5.41) is 0. The van der Waals surface area contributed by atoms with Crippen molar-refractivity contribution in [2.24, 2.45) is 5.84 Å². The van der Waals surface area contributed by atoms with Crippen molar-refractivity contribution < 1.29 is 9.47 Å². The maximum atomic E-state index is 5.69. The molecule has 1 saturated carbocycles. The number of nitrogens with one attached hydrogen (secondary N) is 1. The molecule has 1 aromatic carbocycles. The van der Waals surface area contributed by atoms with E-state index in [2.05, 4.69) is 29.5 Å². The van der Waals surface area contributed by atoms with Gasteiger partial charge >= 0.3 is 0 Å². The minimum Gasteiger partial charge on any atom is -0.493 e. The molecule has 5 heteroatoms. The van der Waals surface area contributed by atoms with Crippen LogP contribution in [0.4, 0.5) is 0 Å². The van der Waals surface area contributed by atoms with Crippen LogP contribution in [-0.4, -0.2) is 44.8 Å². The predicted octanol–water partition coefficient (Wildman–Crippen LogP) is 1.66. The number of hydrogen-bond donors (Lipinski definition) is 2. The summed E-state index contributed by atoms with van der Waals surface area (Å²) in [6.07, 6.45) is 4.57. The van der Waals surface area contributed by atoms with Crippen molar-refractivity contribution in [3.8, 4) is 11.5 Å². The molecule has 3 rings (SSSR count). The zero-order chi connectivity index (χ0) is 15.7. The van der Waals surface area contributed by atoms with E-state index in [0.29, 0.717) is 12.1 Å². The average molecular weight is 305 g/mol. The third kappa shape index (κ3) is 2.37. The zero-order valence-electron chi connectivity index (χ0n) is 13.8. The van der Waals surface area contributed by atoms with Crippen molar-refractivity contribution in [3.63, 3.8) is 0 Å². The summed E-state index contributed by atoms with van der Waals surface area (Å²) >= 11 is 0. The highest BCUT2D eigenvalue weighted by Crippen LogP contribution is 2.49. The summed E-state index contributed by atoms with van der Waals surface area (Å²) in [6, 6.07) is 7.36. The molecule has 0 radical (unpaired) electrons. The third-order valence-electron chi connectivity index (χ3n) is 5.72. The van der Waals surface area contributed by atoms with Gasteiger partial charge in [0.15, 0.2) is 11.5 Å². The second-order valence-electron chi connectivity index (χ2n) is 6.61. The zero-order valence-corrected chi connectivity index (χ0v) is 13.8. The molecular formula is C17H27N3O2. The van der Waals surface area contributed by atoms with Crippen LogP contribution in [0.1, 0.15) is 31.2 Å². The Labute approximate surface area is 132 Å². The Morgan fingerprint density at radius 2 is 2.00 bits per heavy atom. The lowest BCUT2D eigenvalue weighted by Crippen LogP contribution is -2.52. The number of fused-ring (bicyclic) bond motifs is 1. The minimum atomic E-state index is 0.210. The smallest absolute Gasteiger partial charge is 0.161 e. The Kier molecular flexibility index (Phi) is 4.30. The number of nitrogens with two attached hydrogens (primary N) is 1. The van der Waals surface area contributed by atoms with Gasteiger partial charge in [0.05, 0.1) is 14.2 Å². The molecule has 1 saturated heterocycles. The van der Waals surface area contributed by atoms with Crippen LogP contribution in [0, 0.1) is 0 Å². The fourth-order valence-electron chi connectivity index (χ4n) is 4.41. The molecule has 0 spiro atoms. The summed E-state index contributed by atoms with van der Waals surface area (Å²) in [7, 11) is 5.61. The molecule has 3 atom stereocenters. The lowest BCUT2D eigenvalue weighted by Gasteiger charge is -2.44. The van der Waals surface area contributed by atoms with E-state index in [0.717, 1.165) is 37.3 Å². The van der Waals surface area contributed by atoms with Crippen molar-refractivity contribution in [2.75, 3.05) is 27.8 Å². The minimum absolute atomic E-state index is 0.210. The summed E-state index contributed by atoms with van der Waals surface area (Å²) in [4.78, 5) is 2.49. The van der Waals surface area contributed by atoms with Gasteiger partial charge in [0.25, 0.3) is 0 Å². The first-order valence-electron chi connectivity index (χ1n) is 8.03. The normalized spacial score (nSPS) is 31.8. The molecule has 2 fully saturated rings. The van der Waals surface area contributed by atoms with E-state index in [9.17, 15) is 0 Å². The SMILES string of the molecule is COc1ccc([C@@]23CC[C@@H](NN)CC2N(C)CC3)cc1OC. The highest BCUT2D eigenvalue weighted by atomic mass is 16.5. The van der Waals surface area contributed by atoms with E-state index in [4.69, 9.17) is 15.3 Å². The Bertz CT molecular complexity index is 537. The molecule has 1 unspecified atom stereocenters. The van der Waals surface area contributed by atoms with Crippen LogP contribution in [-0.2, 0) is 5.41 Å². The molecule has 1 aliphatic carbocycles. The lowest BCUT2D eigenvalue weighted by molar-refractivity contribution is 0.154. The van der Waals surface area contributed by atoms with Crippen LogP contribution in [0.3, 0.4) is 0 Å². The van der Waals surface area contributed by atoms with Crippen LogP contribution in [0.5, 0.6) is 11.5 Å². The number of likely N-dealkylation sites (tertiary alicyclic amines) is 1. The molecule has 0 amide bonds. The van der Waals surface area contributed by atoms with Crippen molar-refractivity contribution in [1.29, 1.82) is 0 Å². The quantitative estimate of drug-likeness (QED) is 0.654. The molecule has 122 valence electrons. The number of benzene rings is 1. The van der Waals surface area contributed by atoms with E-state index in [-0.39, 0.29) is 5.41 Å². The fraction of sp³-hybridized carbons (Fsp3) is 0.647. The Morgan fingerprint density at radius 1 is 1.23 bits per heavy atom. The second kappa shape index (κ2) is 6.07. The molecule has 22 heavy (non-hydrogen) atoms. The largest absolute Gasteiger partial charge is 0.493 e. The Morgan fingerprint density at radius 3 is 2.68 bits per heavy atom. The molecule has 1 heterocycles. The van der Waals surface area contributed by atoms with Crippen molar-refractivity contribution in [1.82, 2.24) is 10.3 Å². The summed E-state index contributed by atoms with van der Waals surface area (Å²) in [6.45, 7) is 1.14. The molecule has 1 aliphatic heterocycles. The molecular weight excluding hydrogens is 278 g/mol. The van der Waals surface area contributed by atoms with Crippen molar-refractivity contribution >= 4 is 0 Å². The van der Waals surface area contributed by atoms with Gasteiger partial charge in [0.1, 0.15) is 0 Å². The molecule has 5 nitrogen and oxygen atoms in total. The lowest BCUT2D eigenvalue weighted by atomic mass is 9.65. The summed E-state index contributed by atoms with van der Waals surface area (Å²) in [5.74, 6) is 7.31. The summed E-state index contributed by atoms with van der Waals surface area (Å²) < 4.78 is 10.9. The van der Waals surface area contributed by atoms with E-state index in [1.54, 1.807) is 14.2 Å². The van der Waals surface area contributed by atoms with Gasteiger partial charge in [0, 0.05) is 17.5 Å². The van der Waals surface area contributed by atoms with Gasteiger partial charge in [-0.2, -0.15) is 0 Å². The van der Waals surface area contributed by atoms with Crippen LogP contribution in [0.2, 0.25) is 0 Å². The predicted molar refractivity (Wildman–Crippen MR) is 87.2 cm³/mol. The standard InChI is InChI=1S/C17H27N3O2/c1-20-9-8-17(7-6-13(19-18)11-16(17)20)12-4-5-14(21-2)15(10-12)22-3/h4-5,10,13,16,19H,6-9,11,18H2,1-3H3/t13-,16?,17+/m1/s1. The molecule has 0 bridgehead atoms. The maximum absolute atomic E-state index is 5.69. The number of hydrogen-bond acceptors (Lipinski definition) is 5. The topological polar surface area (TPSA) is 59.8 Å². The molecule has 1 aromatic rings. The molecule has 3 N–H and O–H groups in total. The van der Waals surface area contributed by atoms with E-state index < -0.39 is 0 Å². The van der Waals surface area contributed by atoms with Gasteiger partial charge in [-0.05, 0) is 57.0 Å². The van der Waals surface area contributed by atoms with Gasteiger partial charge in [-0.3, -0.25) is 11.3 Å². The van der Waals surface area contributed by atoms with E-state index in [1.807, 2.05) is 6.07 Å². The first-order valence-corrected chi connectivity index (χ1v) is 8.03. The van der Waals surface area contributed by atoms with E-state index >= 15 is 0 Å². The van der Waals surface area contributed by atoms with Gasteiger partial charge in [-0.25, -0.2) is 0 Å². The highest BCUT2D eigenvalue weighted by molar-refractivity contribution is 5.46. The number of nitrogens with zero attached hydrogens (tertiary/aromatic N) is 1. The average Bonchev–Trinajstić information content (AvgIpc) is 2.91. The third-order valence-corrected chi connectivity index (χ3v) is 5.72. The van der Waals surface area contributed by atoms with Gasteiger partial charge in [-0.15, -0.1) is 0 Å². The van der Waals surface area contributed by atoms with Gasteiger partial charge in [-0.1, -0.05) is 6.07 Å². The number of hydrazine groups is 1. The van der Waals surface area contributed by atoms with Crippen molar-refractivity contribution in [2.45, 2.75) is 43.2 Å². The Hall–Kier alpha value is -1.30. The molecule has 0 aromatic heterocycles. The first kappa shape index (κ1) is 15.6. The van der Waals surface area contributed by atoms with Gasteiger partial charge in [0.2, 0.25) is 0 Å². The number of rotatable bonds is 4. The monoisotopic (exact) mass is 305 g/mol. The summed E-state index contributed by atoms with van der Waals surface area (Å²) in [5.41, 5.74) is 4.56. The van der Waals surface area contributed by atoms with Crippen LogP contribution < -0.4 is 20.7 Å². The van der Waals surface area contributed by atoms with Crippen molar-refractivity contribution in [3.05, 3.63) is 23.8 Å². The van der Waals surface area contributed by atoms with Crippen LogP contribution in [0.25, 0.3) is 0 Å². The van der Waals surface area contributed by atoms with Crippen LogP contribution in [0.15, 0.2) is 18.2 Å².